The highest BCUT2D eigenvalue weighted by Gasteiger charge is 1.90. The molecule has 0 aromatic heterocycles. The first-order valence-corrected chi connectivity index (χ1v) is 4.45. The van der Waals surface area contributed by atoms with E-state index in [0.717, 1.165) is 17.1 Å². The normalized spacial score (nSPS) is 9.64. The molecule has 0 radical (unpaired) electrons. The number of hydrogen-bond donors (Lipinski definition) is 2. The van der Waals surface area contributed by atoms with Crippen LogP contribution in [0.1, 0.15) is 6.92 Å². The summed E-state index contributed by atoms with van der Waals surface area (Å²) in [4.78, 5) is 1.09. The van der Waals surface area contributed by atoms with Crippen molar-refractivity contribution in [2.75, 3.05) is 11.9 Å². The van der Waals surface area contributed by atoms with Crippen molar-refractivity contribution < 1.29 is 0 Å². The maximum atomic E-state index is 5.37. The molecule has 0 aliphatic carbocycles. The number of rotatable bonds is 3. The van der Waals surface area contributed by atoms with Gasteiger partial charge in [0.05, 0.1) is 0 Å². The molecule has 0 amide bonds. The zero-order valence-electron chi connectivity index (χ0n) is 6.50. The second kappa shape index (κ2) is 4.26. The number of hydrogen-bond acceptors (Lipinski definition) is 3. The SMILES string of the molecule is CCNc1ccc(SN)cc1. The van der Waals surface area contributed by atoms with Gasteiger partial charge < -0.3 is 5.32 Å². The summed E-state index contributed by atoms with van der Waals surface area (Å²) in [6, 6.07) is 8.06. The summed E-state index contributed by atoms with van der Waals surface area (Å²) in [6.45, 7) is 3.03. The fourth-order valence-corrected chi connectivity index (χ4v) is 1.15. The van der Waals surface area contributed by atoms with Crippen LogP contribution in [0.15, 0.2) is 29.2 Å². The van der Waals surface area contributed by atoms with Crippen molar-refractivity contribution in [2.45, 2.75) is 11.8 Å². The minimum absolute atomic E-state index is 0.953. The second-order valence-corrected chi connectivity index (χ2v) is 2.88. The fourth-order valence-electron chi connectivity index (χ4n) is 0.855. The Kier molecular flexibility index (Phi) is 3.26. The van der Waals surface area contributed by atoms with E-state index >= 15 is 0 Å². The predicted octanol–water partition coefficient (Wildman–Crippen LogP) is 2.08. The van der Waals surface area contributed by atoms with E-state index in [1.165, 1.54) is 11.9 Å². The Hall–Kier alpha value is -0.670. The monoisotopic (exact) mass is 168 g/mol. The Labute approximate surface area is 71.3 Å². The van der Waals surface area contributed by atoms with Gasteiger partial charge in [-0.2, -0.15) is 0 Å². The van der Waals surface area contributed by atoms with Gasteiger partial charge in [-0.15, -0.1) is 0 Å². The zero-order valence-corrected chi connectivity index (χ0v) is 7.32. The van der Waals surface area contributed by atoms with Gasteiger partial charge in [0.2, 0.25) is 0 Å². The van der Waals surface area contributed by atoms with E-state index in [0.29, 0.717) is 0 Å². The summed E-state index contributed by atoms with van der Waals surface area (Å²) in [6.07, 6.45) is 0. The fraction of sp³-hybridized carbons (Fsp3) is 0.250. The van der Waals surface area contributed by atoms with Gasteiger partial charge in [-0.05, 0) is 43.1 Å². The van der Waals surface area contributed by atoms with Crippen LogP contribution in [-0.2, 0) is 0 Å². The molecule has 0 bridgehead atoms. The van der Waals surface area contributed by atoms with E-state index in [2.05, 4.69) is 12.2 Å². The molecule has 1 aromatic carbocycles. The smallest absolute Gasteiger partial charge is 0.0340 e. The Balaban J connectivity index is 2.66. The highest BCUT2D eigenvalue weighted by atomic mass is 32.2. The van der Waals surface area contributed by atoms with Crippen LogP contribution >= 0.6 is 11.9 Å². The molecule has 0 unspecified atom stereocenters. The molecule has 1 rings (SSSR count). The highest BCUT2D eigenvalue weighted by Crippen LogP contribution is 2.14. The van der Waals surface area contributed by atoms with Crippen LogP contribution in [0.2, 0.25) is 0 Å². The number of nitrogens with two attached hydrogens (primary N) is 1. The summed E-state index contributed by atoms with van der Waals surface area (Å²) >= 11 is 1.27. The molecule has 3 heteroatoms. The van der Waals surface area contributed by atoms with Crippen LogP contribution in [-0.4, -0.2) is 6.54 Å². The summed E-state index contributed by atoms with van der Waals surface area (Å²) < 4.78 is 0. The summed E-state index contributed by atoms with van der Waals surface area (Å²) in [5, 5.41) is 8.58. The van der Waals surface area contributed by atoms with E-state index in [1.807, 2.05) is 24.3 Å². The third kappa shape index (κ3) is 2.44. The molecule has 11 heavy (non-hydrogen) atoms. The third-order valence-electron chi connectivity index (χ3n) is 1.37. The van der Waals surface area contributed by atoms with Gasteiger partial charge >= 0.3 is 0 Å². The molecular weight excluding hydrogens is 156 g/mol. The lowest BCUT2D eigenvalue weighted by atomic mass is 10.3. The van der Waals surface area contributed by atoms with Crippen molar-refractivity contribution in [1.29, 1.82) is 0 Å². The lowest BCUT2D eigenvalue weighted by molar-refractivity contribution is 1.21. The minimum Gasteiger partial charge on any atom is -0.385 e. The molecule has 0 spiro atoms. The second-order valence-electron chi connectivity index (χ2n) is 2.17. The molecule has 1 aromatic rings. The van der Waals surface area contributed by atoms with Crippen molar-refractivity contribution in [3.05, 3.63) is 24.3 Å². The molecule has 0 saturated carbocycles. The average molecular weight is 168 g/mol. The Morgan fingerprint density at radius 2 is 2.00 bits per heavy atom. The van der Waals surface area contributed by atoms with E-state index in [9.17, 15) is 0 Å². The van der Waals surface area contributed by atoms with E-state index < -0.39 is 0 Å². The quantitative estimate of drug-likeness (QED) is 0.679. The lowest BCUT2D eigenvalue weighted by Gasteiger charge is -2.02. The van der Waals surface area contributed by atoms with Crippen LogP contribution in [0.3, 0.4) is 0 Å². The average Bonchev–Trinajstić information content (AvgIpc) is 2.07. The third-order valence-corrected chi connectivity index (χ3v) is 1.92. The molecule has 0 fully saturated rings. The first-order chi connectivity index (χ1) is 5.36. The van der Waals surface area contributed by atoms with E-state index in [-0.39, 0.29) is 0 Å². The van der Waals surface area contributed by atoms with Gasteiger partial charge in [-0.25, -0.2) is 0 Å². The Bertz CT molecular complexity index is 208. The van der Waals surface area contributed by atoms with Crippen molar-refractivity contribution in [1.82, 2.24) is 0 Å². The molecule has 60 valence electrons. The van der Waals surface area contributed by atoms with Crippen LogP contribution < -0.4 is 10.5 Å². The first kappa shape index (κ1) is 8.43. The molecule has 0 atom stereocenters. The van der Waals surface area contributed by atoms with Gasteiger partial charge in [0.25, 0.3) is 0 Å². The largest absolute Gasteiger partial charge is 0.385 e. The maximum absolute atomic E-state index is 5.37. The molecule has 0 heterocycles. The number of nitrogens with one attached hydrogen (secondary N) is 1. The minimum atomic E-state index is 0.953. The zero-order chi connectivity index (χ0) is 8.10. The van der Waals surface area contributed by atoms with Gasteiger partial charge in [-0.3, -0.25) is 5.14 Å². The summed E-state index contributed by atoms with van der Waals surface area (Å²) in [5.74, 6) is 0. The molecule has 0 aliphatic heterocycles. The highest BCUT2D eigenvalue weighted by molar-refractivity contribution is 7.97. The number of anilines is 1. The van der Waals surface area contributed by atoms with Crippen LogP contribution in [0.25, 0.3) is 0 Å². The van der Waals surface area contributed by atoms with Crippen LogP contribution in [0.4, 0.5) is 5.69 Å². The topological polar surface area (TPSA) is 38.0 Å². The van der Waals surface area contributed by atoms with Gasteiger partial charge in [-0.1, -0.05) is 0 Å². The lowest BCUT2D eigenvalue weighted by Crippen LogP contribution is -1.95. The molecular formula is C8H12N2S. The summed E-state index contributed by atoms with van der Waals surface area (Å²) in [5.41, 5.74) is 1.14. The van der Waals surface area contributed by atoms with Crippen LogP contribution in [0.5, 0.6) is 0 Å². The summed E-state index contributed by atoms with van der Waals surface area (Å²) in [7, 11) is 0. The standard InChI is InChI=1S/C8H12N2S/c1-2-10-7-3-5-8(11-9)6-4-7/h3-6,10H,2,9H2,1H3. The molecule has 2 nitrogen and oxygen atoms in total. The van der Waals surface area contributed by atoms with E-state index in [4.69, 9.17) is 5.14 Å². The molecule has 0 aliphatic rings. The van der Waals surface area contributed by atoms with Gasteiger partial charge in [0, 0.05) is 17.1 Å². The molecule has 3 N–H and O–H groups in total. The van der Waals surface area contributed by atoms with E-state index in [1.54, 1.807) is 0 Å². The van der Waals surface area contributed by atoms with Crippen molar-refractivity contribution in [2.24, 2.45) is 5.14 Å². The Morgan fingerprint density at radius 1 is 1.36 bits per heavy atom. The van der Waals surface area contributed by atoms with Gasteiger partial charge in [0.15, 0.2) is 0 Å². The van der Waals surface area contributed by atoms with Crippen molar-refractivity contribution in [3.63, 3.8) is 0 Å². The van der Waals surface area contributed by atoms with Crippen LogP contribution in [0, 0.1) is 0 Å². The van der Waals surface area contributed by atoms with Crippen molar-refractivity contribution in [3.8, 4) is 0 Å². The molecule has 0 saturated heterocycles. The first-order valence-electron chi connectivity index (χ1n) is 3.57. The number of benzene rings is 1. The maximum Gasteiger partial charge on any atom is 0.0340 e. The van der Waals surface area contributed by atoms with Gasteiger partial charge in [0.1, 0.15) is 0 Å². The Morgan fingerprint density at radius 3 is 2.45 bits per heavy atom. The van der Waals surface area contributed by atoms with Crippen molar-refractivity contribution >= 4 is 17.6 Å². The predicted molar refractivity (Wildman–Crippen MR) is 50.7 cm³/mol.